The molecule has 2 aromatic carbocycles. The SMILES string of the molecule is CC(C)(C)C1=[C]([Hf]([C]2=C(C(C)(C)C)C=CC2)=[C](c2ccccc2)c2ccccc2)CC=C1.Cl.Cl. The molecule has 3 heteroatoms. The second-order valence-electron chi connectivity index (χ2n) is 11.0. The van der Waals surface area contributed by atoms with Gasteiger partial charge >= 0.3 is 203 Å². The number of benzene rings is 2. The van der Waals surface area contributed by atoms with Gasteiger partial charge < -0.3 is 0 Å². The molecule has 180 valence electrons. The normalized spacial score (nSPS) is 15.4. The monoisotopic (exact) mass is 660 g/mol. The number of rotatable bonds is 4. The Morgan fingerprint density at radius 2 is 0.941 bits per heavy atom. The van der Waals surface area contributed by atoms with Crippen molar-refractivity contribution in [3.8, 4) is 0 Å². The maximum Gasteiger partial charge on any atom is -0.147 e. The van der Waals surface area contributed by atoms with Crippen LogP contribution >= 0.6 is 24.8 Å². The molecule has 0 aromatic heterocycles. The first kappa shape index (κ1) is 29.0. The van der Waals surface area contributed by atoms with E-state index < -0.39 is 21.0 Å². The summed E-state index contributed by atoms with van der Waals surface area (Å²) in [5.74, 6) is 0. The summed E-state index contributed by atoms with van der Waals surface area (Å²) < 4.78 is 5.22. The minimum atomic E-state index is -2.71. The quantitative estimate of drug-likeness (QED) is 0.287. The fraction of sp³-hybridized carbons (Fsp3) is 0.323. The molecule has 0 atom stereocenters. The average molecular weight is 660 g/mol. The summed E-state index contributed by atoms with van der Waals surface area (Å²) in [6.07, 6.45) is 12.0. The van der Waals surface area contributed by atoms with E-state index in [1.807, 2.05) is 0 Å². The van der Waals surface area contributed by atoms with Crippen LogP contribution in [0.15, 0.2) is 103 Å². The van der Waals surface area contributed by atoms with Crippen molar-refractivity contribution in [3.63, 3.8) is 0 Å². The van der Waals surface area contributed by atoms with Crippen LogP contribution in [-0.4, -0.2) is 3.26 Å². The van der Waals surface area contributed by atoms with Gasteiger partial charge in [-0.15, -0.1) is 24.8 Å². The zero-order valence-electron chi connectivity index (χ0n) is 21.3. The van der Waals surface area contributed by atoms with E-state index in [1.165, 1.54) is 11.1 Å². The average Bonchev–Trinajstić information content (AvgIpc) is 3.43. The Hall–Kier alpha value is -1.28. The van der Waals surface area contributed by atoms with E-state index in [1.54, 1.807) is 21.1 Å². The second-order valence-corrected chi connectivity index (χ2v) is 19.8. The van der Waals surface area contributed by atoms with Crippen molar-refractivity contribution in [2.45, 2.75) is 54.4 Å². The van der Waals surface area contributed by atoms with E-state index in [4.69, 9.17) is 0 Å². The molecule has 0 saturated carbocycles. The smallest absolute Gasteiger partial charge is 0.147 e. The Kier molecular flexibility index (Phi) is 9.91. The molecule has 4 rings (SSSR count). The molecule has 0 amide bonds. The molecule has 0 nitrogen and oxygen atoms in total. The van der Waals surface area contributed by atoms with E-state index in [-0.39, 0.29) is 35.6 Å². The van der Waals surface area contributed by atoms with Gasteiger partial charge in [0.2, 0.25) is 0 Å². The molecule has 0 spiro atoms. The van der Waals surface area contributed by atoms with E-state index in [9.17, 15) is 0 Å². The molecule has 0 fully saturated rings. The molecule has 2 aromatic rings. The molecule has 0 aliphatic heterocycles. The minimum absolute atomic E-state index is 0. The Balaban J connectivity index is 0.00000204. The van der Waals surface area contributed by atoms with Crippen LogP contribution in [0, 0.1) is 10.8 Å². The Morgan fingerprint density at radius 1 is 0.588 bits per heavy atom. The first-order valence-electron chi connectivity index (χ1n) is 11.8. The molecule has 0 bridgehead atoms. The van der Waals surface area contributed by atoms with Gasteiger partial charge in [-0.3, -0.25) is 0 Å². The van der Waals surface area contributed by atoms with E-state index >= 15 is 0 Å². The van der Waals surface area contributed by atoms with Crippen LogP contribution < -0.4 is 0 Å². The number of hydrogen-bond donors (Lipinski definition) is 0. The number of halogens is 2. The molecule has 34 heavy (non-hydrogen) atoms. The van der Waals surface area contributed by atoms with E-state index in [2.05, 4.69) is 127 Å². The van der Waals surface area contributed by atoms with Crippen molar-refractivity contribution in [2.24, 2.45) is 10.8 Å². The van der Waals surface area contributed by atoms with Gasteiger partial charge in [0.25, 0.3) is 0 Å². The van der Waals surface area contributed by atoms with Gasteiger partial charge in [-0.05, 0) is 0 Å². The standard InChI is InChI=1S/C13H10.2C9H13.2ClH.Hf/c1-3-7-12(8-4-1)11-13-9-5-2-6-10-13;2*1-9(2,3)8-6-4-5-7-8;;;/h1-10H;2*4,6H,5H2,1-3H3;2*1H;. The van der Waals surface area contributed by atoms with Gasteiger partial charge in [0, 0.05) is 0 Å². The molecule has 0 heterocycles. The molecule has 0 unspecified atom stereocenters. The van der Waals surface area contributed by atoms with Gasteiger partial charge in [-0.2, -0.15) is 0 Å². The predicted molar refractivity (Wildman–Crippen MR) is 151 cm³/mol. The molecular weight excluding hydrogens is 622 g/mol. The zero-order valence-corrected chi connectivity index (χ0v) is 26.5. The molecular formula is C31H38Cl2Hf. The predicted octanol–water partition coefficient (Wildman–Crippen LogP) is 9.24. The third-order valence-corrected chi connectivity index (χ3v) is 18.1. The molecule has 0 saturated heterocycles. The minimum Gasteiger partial charge on any atom is -0.147 e. The van der Waals surface area contributed by atoms with Gasteiger partial charge in [-0.1, -0.05) is 0 Å². The van der Waals surface area contributed by atoms with Crippen LogP contribution in [0.5, 0.6) is 0 Å². The topological polar surface area (TPSA) is 0 Å². The van der Waals surface area contributed by atoms with Crippen LogP contribution in [0.2, 0.25) is 0 Å². The fourth-order valence-electron chi connectivity index (χ4n) is 5.04. The summed E-state index contributed by atoms with van der Waals surface area (Å²) in [4.78, 5) is 0. The van der Waals surface area contributed by atoms with Gasteiger partial charge in [0.15, 0.2) is 0 Å². The summed E-state index contributed by atoms with van der Waals surface area (Å²) in [5.41, 5.74) is 6.37. The van der Waals surface area contributed by atoms with Crippen molar-refractivity contribution in [1.29, 1.82) is 0 Å². The van der Waals surface area contributed by atoms with Crippen LogP contribution in [0.25, 0.3) is 0 Å². The first-order valence-corrected chi connectivity index (χ1v) is 17.2. The largest absolute Gasteiger partial charge is 0.147 e. The van der Waals surface area contributed by atoms with Gasteiger partial charge in [-0.25, -0.2) is 0 Å². The molecule has 2 aliphatic rings. The van der Waals surface area contributed by atoms with Crippen molar-refractivity contribution < 1.29 is 21.0 Å². The number of allylic oxidation sites excluding steroid dienone is 8. The Morgan fingerprint density at radius 3 is 1.26 bits per heavy atom. The van der Waals surface area contributed by atoms with Crippen LogP contribution in [0.3, 0.4) is 0 Å². The van der Waals surface area contributed by atoms with E-state index in [0.29, 0.717) is 0 Å². The maximum atomic E-state index is 2.44. The fourth-order valence-corrected chi connectivity index (χ4v) is 19.3. The Labute approximate surface area is 226 Å². The number of hydrogen-bond acceptors (Lipinski definition) is 0. The summed E-state index contributed by atoms with van der Waals surface area (Å²) in [7, 11) is 0. The molecule has 2 aliphatic carbocycles. The molecule has 0 N–H and O–H groups in total. The first-order chi connectivity index (χ1) is 15.2. The zero-order chi connectivity index (χ0) is 22.9. The van der Waals surface area contributed by atoms with Gasteiger partial charge in [0.1, 0.15) is 0 Å². The Bertz CT molecular complexity index is 1060. The van der Waals surface area contributed by atoms with E-state index in [0.717, 1.165) is 12.8 Å². The summed E-state index contributed by atoms with van der Waals surface area (Å²) in [5, 5.41) is 0. The van der Waals surface area contributed by atoms with Crippen molar-refractivity contribution in [2.75, 3.05) is 0 Å². The summed E-state index contributed by atoms with van der Waals surface area (Å²) >= 11 is -2.71. The van der Waals surface area contributed by atoms with Crippen molar-refractivity contribution >= 4 is 28.1 Å². The molecule has 0 radical (unpaired) electrons. The maximum absolute atomic E-state index is 2.71. The second kappa shape index (κ2) is 11.6. The summed E-state index contributed by atoms with van der Waals surface area (Å²) in [6.45, 7) is 14.3. The van der Waals surface area contributed by atoms with Gasteiger partial charge in [0.05, 0.1) is 0 Å². The van der Waals surface area contributed by atoms with Crippen LogP contribution in [0.1, 0.15) is 65.5 Å². The third-order valence-electron chi connectivity index (χ3n) is 6.46. The van der Waals surface area contributed by atoms with Crippen LogP contribution in [-0.2, 0) is 21.0 Å². The summed E-state index contributed by atoms with van der Waals surface area (Å²) in [6, 6.07) is 22.5. The third kappa shape index (κ3) is 6.10. The van der Waals surface area contributed by atoms with Crippen molar-refractivity contribution in [1.82, 2.24) is 0 Å². The van der Waals surface area contributed by atoms with Crippen molar-refractivity contribution in [3.05, 3.63) is 114 Å². The van der Waals surface area contributed by atoms with Crippen LogP contribution in [0.4, 0.5) is 0 Å².